The van der Waals surface area contributed by atoms with Crippen LogP contribution in [0.2, 0.25) is 0 Å². The molecule has 1 fully saturated rings. The molecule has 1 aliphatic heterocycles. The van der Waals surface area contributed by atoms with Crippen molar-refractivity contribution in [1.82, 2.24) is 10.2 Å². The zero-order valence-corrected chi connectivity index (χ0v) is 13.8. The Morgan fingerprint density at radius 2 is 1.91 bits per heavy atom. The molecule has 4 N–H and O–H groups in total. The second kappa shape index (κ2) is 10.9. The maximum Gasteiger partial charge on any atom is 0.188 e. The van der Waals surface area contributed by atoms with E-state index in [0.29, 0.717) is 5.96 Å². The molecule has 6 nitrogen and oxygen atoms in total. The number of morpholine rings is 1. The number of anilines is 1. The Labute approximate surface area is 139 Å². The van der Waals surface area contributed by atoms with Crippen molar-refractivity contribution in [1.29, 1.82) is 0 Å². The Bertz CT molecular complexity index is 446. The summed E-state index contributed by atoms with van der Waals surface area (Å²) < 4.78 is 5.34. The number of nitrogens with two attached hydrogens (primary N) is 1. The normalized spacial score (nSPS) is 16.3. The first-order chi connectivity index (χ1) is 11.3. The van der Waals surface area contributed by atoms with Crippen LogP contribution in [-0.2, 0) is 4.74 Å². The van der Waals surface area contributed by atoms with E-state index in [-0.39, 0.29) is 0 Å². The van der Waals surface area contributed by atoms with Gasteiger partial charge in [-0.2, -0.15) is 0 Å². The fourth-order valence-electron chi connectivity index (χ4n) is 2.47. The Morgan fingerprint density at radius 1 is 1.13 bits per heavy atom. The molecule has 1 aliphatic rings. The summed E-state index contributed by atoms with van der Waals surface area (Å²) in [6.07, 6.45) is 2.04. The summed E-state index contributed by atoms with van der Waals surface area (Å²) in [6, 6.07) is 10.2. The van der Waals surface area contributed by atoms with E-state index in [4.69, 9.17) is 10.5 Å². The summed E-state index contributed by atoms with van der Waals surface area (Å²) >= 11 is 0. The predicted octanol–water partition coefficient (Wildman–Crippen LogP) is 1.12. The van der Waals surface area contributed by atoms with E-state index in [2.05, 4.69) is 32.7 Å². The maximum atomic E-state index is 5.87. The zero-order valence-electron chi connectivity index (χ0n) is 13.8. The average molecular weight is 319 g/mol. The van der Waals surface area contributed by atoms with E-state index in [9.17, 15) is 0 Å². The Kier molecular flexibility index (Phi) is 8.29. The molecule has 0 atom stereocenters. The number of benzene rings is 1. The fraction of sp³-hybridized carbons (Fsp3) is 0.588. The highest BCUT2D eigenvalue weighted by Gasteiger charge is 2.08. The zero-order chi connectivity index (χ0) is 16.2. The number of rotatable bonds is 9. The molecule has 1 aromatic rings. The van der Waals surface area contributed by atoms with Crippen LogP contribution in [-0.4, -0.2) is 63.3 Å². The highest BCUT2D eigenvalue weighted by atomic mass is 16.5. The van der Waals surface area contributed by atoms with Gasteiger partial charge in [-0.05, 0) is 31.5 Å². The third-order valence-corrected chi connectivity index (χ3v) is 3.78. The van der Waals surface area contributed by atoms with E-state index in [1.165, 1.54) is 0 Å². The summed E-state index contributed by atoms with van der Waals surface area (Å²) in [5.74, 6) is 0.548. The van der Waals surface area contributed by atoms with E-state index in [1.807, 2.05) is 18.2 Å². The van der Waals surface area contributed by atoms with Crippen molar-refractivity contribution >= 4 is 11.6 Å². The van der Waals surface area contributed by atoms with Gasteiger partial charge in [0.05, 0.1) is 13.2 Å². The molecule has 0 aliphatic carbocycles. The molecule has 0 spiro atoms. The van der Waals surface area contributed by atoms with Crippen LogP contribution in [0.5, 0.6) is 0 Å². The smallest absolute Gasteiger partial charge is 0.188 e. The minimum Gasteiger partial charge on any atom is -0.385 e. The van der Waals surface area contributed by atoms with Gasteiger partial charge in [-0.25, -0.2) is 0 Å². The molecule has 0 saturated carbocycles. The van der Waals surface area contributed by atoms with E-state index in [0.717, 1.165) is 71.0 Å². The highest BCUT2D eigenvalue weighted by molar-refractivity contribution is 5.77. The van der Waals surface area contributed by atoms with E-state index in [1.54, 1.807) is 0 Å². The molecule has 1 aromatic carbocycles. The number of nitrogens with one attached hydrogen (secondary N) is 2. The fourth-order valence-corrected chi connectivity index (χ4v) is 2.47. The number of para-hydroxylation sites is 1. The van der Waals surface area contributed by atoms with Gasteiger partial charge in [0.1, 0.15) is 0 Å². The van der Waals surface area contributed by atoms with Gasteiger partial charge in [0.15, 0.2) is 5.96 Å². The average Bonchev–Trinajstić information content (AvgIpc) is 2.60. The Balaban J connectivity index is 1.46. The van der Waals surface area contributed by atoms with Crippen molar-refractivity contribution in [3.05, 3.63) is 30.3 Å². The quantitative estimate of drug-likeness (QED) is 0.361. The van der Waals surface area contributed by atoms with Gasteiger partial charge in [-0.15, -0.1) is 0 Å². The molecule has 2 rings (SSSR count). The first kappa shape index (κ1) is 17.6. The topological polar surface area (TPSA) is 74.9 Å². The lowest BCUT2D eigenvalue weighted by atomic mass is 10.3. The third kappa shape index (κ3) is 7.85. The van der Waals surface area contributed by atoms with Crippen molar-refractivity contribution in [3.63, 3.8) is 0 Å². The van der Waals surface area contributed by atoms with E-state index < -0.39 is 0 Å². The summed E-state index contributed by atoms with van der Waals surface area (Å²) in [5.41, 5.74) is 7.02. The van der Waals surface area contributed by atoms with Gasteiger partial charge in [-0.3, -0.25) is 9.89 Å². The van der Waals surface area contributed by atoms with E-state index >= 15 is 0 Å². The highest BCUT2D eigenvalue weighted by Crippen LogP contribution is 2.04. The molecular formula is C17H29N5O. The third-order valence-electron chi connectivity index (χ3n) is 3.78. The molecule has 0 radical (unpaired) electrons. The first-order valence-corrected chi connectivity index (χ1v) is 8.47. The van der Waals surface area contributed by atoms with Crippen LogP contribution < -0.4 is 16.4 Å². The van der Waals surface area contributed by atoms with Gasteiger partial charge in [0.2, 0.25) is 0 Å². The lowest BCUT2D eigenvalue weighted by Crippen LogP contribution is -2.39. The largest absolute Gasteiger partial charge is 0.385 e. The van der Waals surface area contributed by atoms with Crippen LogP contribution in [0.15, 0.2) is 35.3 Å². The number of ether oxygens (including phenoxy) is 1. The van der Waals surface area contributed by atoms with Crippen LogP contribution in [0.3, 0.4) is 0 Å². The monoisotopic (exact) mass is 319 g/mol. The lowest BCUT2D eigenvalue weighted by molar-refractivity contribution is 0.0376. The Morgan fingerprint density at radius 3 is 2.70 bits per heavy atom. The van der Waals surface area contributed by atoms with Crippen molar-refractivity contribution in [2.45, 2.75) is 12.8 Å². The molecule has 0 amide bonds. The molecular weight excluding hydrogens is 290 g/mol. The van der Waals surface area contributed by atoms with Crippen LogP contribution in [0.1, 0.15) is 12.8 Å². The maximum absolute atomic E-state index is 5.87. The molecule has 0 unspecified atom stereocenters. The molecule has 23 heavy (non-hydrogen) atoms. The van der Waals surface area contributed by atoms with Crippen molar-refractivity contribution in [2.75, 3.05) is 57.8 Å². The minimum atomic E-state index is 0.548. The SMILES string of the molecule is NC(=NCCCNc1ccccc1)NCCCN1CCOCC1. The molecule has 6 heteroatoms. The molecule has 1 saturated heterocycles. The number of guanidine groups is 1. The summed E-state index contributed by atoms with van der Waals surface area (Å²) in [4.78, 5) is 6.77. The predicted molar refractivity (Wildman–Crippen MR) is 95.9 cm³/mol. The number of nitrogens with zero attached hydrogens (tertiary/aromatic N) is 2. The van der Waals surface area contributed by atoms with Gasteiger partial charge < -0.3 is 21.1 Å². The number of hydrogen-bond donors (Lipinski definition) is 3. The van der Waals surface area contributed by atoms with Crippen molar-refractivity contribution in [2.24, 2.45) is 10.7 Å². The lowest BCUT2D eigenvalue weighted by Gasteiger charge is -2.26. The Hall–Kier alpha value is -1.79. The first-order valence-electron chi connectivity index (χ1n) is 8.47. The summed E-state index contributed by atoms with van der Waals surface area (Å²) in [5, 5.41) is 6.54. The summed E-state index contributed by atoms with van der Waals surface area (Å²) in [6.45, 7) is 7.39. The summed E-state index contributed by atoms with van der Waals surface area (Å²) in [7, 11) is 0. The van der Waals surface area contributed by atoms with Gasteiger partial charge in [0.25, 0.3) is 0 Å². The second-order valence-electron chi connectivity index (χ2n) is 5.65. The second-order valence-corrected chi connectivity index (χ2v) is 5.65. The van der Waals surface area contributed by atoms with Crippen LogP contribution in [0.4, 0.5) is 5.69 Å². The number of aliphatic imine (C=N–C) groups is 1. The van der Waals surface area contributed by atoms with Gasteiger partial charge in [-0.1, -0.05) is 18.2 Å². The van der Waals surface area contributed by atoms with Gasteiger partial charge in [0, 0.05) is 38.4 Å². The van der Waals surface area contributed by atoms with Crippen LogP contribution >= 0.6 is 0 Å². The van der Waals surface area contributed by atoms with Crippen LogP contribution in [0, 0.1) is 0 Å². The molecule has 0 bridgehead atoms. The van der Waals surface area contributed by atoms with Crippen molar-refractivity contribution in [3.8, 4) is 0 Å². The standard InChI is InChI=1S/C17H29N5O/c18-17(21-10-5-11-22-12-14-23-15-13-22)20-9-4-8-19-16-6-2-1-3-7-16/h1-3,6-7,19H,4-5,8-15H2,(H3,18,20,21). The number of hydrogen-bond acceptors (Lipinski definition) is 4. The van der Waals surface area contributed by atoms with Crippen molar-refractivity contribution < 1.29 is 4.74 Å². The molecule has 1 heterocycles. The molecule has 0 aromatic heterocycles. The molecule has 128 valence electrons. The minimum absolute atomic E-state index is 0.548. The van der Waals surface area contributed by atoms with Crippen LogP contribution in [0.25, 0.3) is 0 Å². The van der Waals surface area contributed by atoms with Gasteiger partial charge >= 0.3 is 0 Å².